The molecule has 2 heteroatoms. The fourth-order valence-corrected chi connectivity index (χ4v) is 1.16. The molecule has 2 nitrogen and oxygen atoms in total. The summed E-state index contributed by atoms with van der Waals surface area (Å²) < 4.78 is 5.71. The molecule has 0 atom stereocenters. The van der Waals surface area contributed by atoms with Gasteiger partial charge in [0.2, 0.25) is 0 Å². The predicted octanol–water partition coefficient (Wildman–Crippen LogP) is 2.19. The number of ether oxygens (including phenoxy) is 1. The Morgan fingerprint density at radius 1 is 1.58 bits per heavy atom. The number of hydrogen-bond donors (Lipinski definition) is 0. The maximum Gasteiger partial charge on any atom is 0.125 e. The average Bonchev–Trinajstić information content (AvgIpc) is 2.89. The lowest BCUT2D eigenvalue weighted by Gasteiger charge is -2.07. The van der Waals surface area contributed by atoms with Crippen LogP contribution in [0.2, 0.25) is 0 Å². The van der Waals surface area contributed by atoms with E-state index in [9.17, 15) is 0 Å². The lowest BCUT2D eigenvalue weighted by atomic mass is 10.2. The molecular formula is C10H13NO. The third kappa shape index (κ3) is 1.58. The Hall–Kier alpha value is -1.05. The lowest BCUT2D eigenvalue weighted by molar-refractivity contribution is 0.300. The minimum Gasteiger partial charge on any atom is -0.490 e. The first-order chi connectivity index (χ1) is 5.90. The van der Waals surface area contributed by atoms with E-state index in [1.165, 1.54) is 18.4 Å². The van der Waals surface area contributed by atoms with E-state index in [2.05, 4.69) is 11.9 Å². The van der Waals surface area contributed by atoms with E-state index in [0.29, 0.717) is 6.10 Å². The molecule has 1 fully saturated rings. The maximum atomic E-state index is 5.71. The van der Waals surface area contributed by atoms with Crippen LogP contribution in [0.15, 0.2) is 18.5 Å². The van der Waals surface area contributed by atoms with Crippen molar-refractivity contribution in [1.29, 1.82) is 0 Å². The Bertz CT molecular complexity index is 268. The molecule has 0 saturated heterocycles. The van der Waals surface area contributed by atoms with E-state index in [-0.39, 0.29) is 0 Å². The number of aromatic nitrogens is 1. The highest BCUT2D eigenvalue weighted by molar-refractivity contribution is 5.30. The van der Waals surface area contributed by atoms with E-state index < -0.39 is 0 Å². The quantitative estimate of drug-likeness (QED) is 0.681. The van der Waals surface area contributed by atoms with Crippen LogP contribution in [-0.2, 0) is 6.42 Å². The van der Waals surface area contributed by atoms with Crippen LogP contribution in [0, 0.1) is 0 Å². The molecule has 0 aliphatic heterocycles. The zero-order valence-electron chi connectivity index (χ0n) is 7.29. The molecule has 1 heterocycles. The Morgan fingerprint density at radius 3 is 3.08 bits per heavy atom. The minimum absolute atomic E-state index is 0.484. The second-order valence-electron chi connectivity index (χ2n) is 3.15. The minimum atomic E-state index is 0.484. The standard InChI is InChI=1S/C10H13NO/c1-2-8-7-11-6-5-10(8)12-9-3-4-9/h5-7,9H,2-4H2,1H3. The van der Waals surface area contributed by atoms with Gasteiger partial charge in [-0.1, -0.05) is 6.92 Å². The molecule has 0 aromatic carbocycles. The van der Waals surface area contributed by atoms with Crippen LogP contribution >= 0.6 is 0 Å². The van der Waals surface area contributed by atoms with Crippen LogP contribution < -0.4 is 4.74 Å². The van der Waals surface area contributed by atoms with E-state index in [1.807, 2.05) is 12.3 Å². The fraction of sp³-hybridized carbons (Fsp3) is 0.500. The van der Waals surface area contributed by atoms with Crippen LogP contribution in [0.3, 0.4) is 0 Å². The van der Waals surface area contributed by atoms with Gasteiger partial charge in [-0.05, 0) is 25.3 Å². The van der Waals surface area contributed by atoms with Crippen molar-refractivity contribution >= 4 is 0 Å². The molecule has 64 valence electrons. The molecule has 1 aromatic rings. The van der Waals surface area contributed by atoms with Crippen LogP contribution in [0.5, 0.6) is 5.75 Å². The molecule has 0 spiro atoms. The van der Waals surface area contributed by atoms with Crippen LogP contribution in [0.25, 0.3) is 0 Å². The highest BCUT2D eigenvalue weighted by Gasteiger charge is 2.24. The molecule has 1 aromatic heterocycles. The third-order valence-corrected chi connectivity index (χ3v) is 2.06. The molecular weight excluding hydrogens is 150 g/mol. The SMILES string of the molecule is CCc1cnccc1OC1CC1. The Kier molecular flexibility index (Phi) is 1.98. The van der Waals surface area contributed by atoms with Gasteiger partial charge in [-0.3, -0.25) is 4.98 Å². The molecule has 1 aliphatic carbocycles. The molecule has 0 unspecified atom stereocenters. The summed E-state index contributed by atoms with van der Waals surface area (Å²) in [6.07, 6.45) is 7.58. The molecule has 0 N–H and O–H groups in total. The average molecular weight is 163 g/mol. The smallest absolute Gasteiger partial charge is 0.125 e. The van der Waals surface area contributed by atoms with Crippen molar-refractivity contribution < 1.29 is 4.74 Å². The number of hydrogen-bond acceptors (Lipinski definition) is 2. The number of rotatable bonds is 3. The number of nitrogens with zero attached hydrogens (tertiary/aromatic N) is 1. The number of aryl methyl sites for hydroxylation is 1. The summed E-state index contributed by atoms with van der Waals surface area (Å²) in [5, 5.41) is 0. The van der Waals surface area contributed by atoms with Gasteiger partial charge in [0, 0.05) is 18.0 Å². The van der Waals surface area contributed by atoms with Gasteiger partial charge in [-0.15, -0.1) is 0 Å². The molecule has 0 amide bonds. The summed E-state index contributed by atoms with van der Waals surface area (Å²) in [5.74, 6) is 1.02. The van der Waals surface area contributed by atoms with Gasteiger partial charge < -0.3 is 4.74 Å². The van der Waals surface area contributed by atoms with Crippen molar-refractivity contribution in [3.05, 3.63) is 24.0 Å². The topological polar surface area (TPSA) is 22.1 Å². The maximum absolute atomic E-state index is 5.71. The van der Waals surface area contributed by atoms with Gasteiger partial charge in [0.1, 0.15) is 5.75 Å². The van der Waals surface area contributed by atoms with Crippen molar-refractivity contribution in [2.24, 2.45) is 0 Å². The molecule has 1 saturated carbocycles. The summed E-state index contributed by atoms with van der Waals surface area (Å²) in [5.41, 5.74) is 1.21. The van der Waals surface area contributed by atoms with Crippen molar-refractivity contribution in [3.8, 4) is 5.75 Å². The van der Waals surface area contributed by atoms with E-state index in [1.54, 1.807) is 6.20 Å². The van der Waals surface area contributed by atoms with Gasteiger partial charge in [-0.2, -0.15) is 0 Å². The molecule has 0 bridgehead atoms. The highest BCUT2D eigenvalue weighted by Crippen LogP contribution is 2.28. The summed E-state index contributed by atoms with van der Waals surface area (Å²) in [6.45, 7) is 2.12. The normalized spacial score (nSPS) is 16.1. The van der Waals surface area contributed by atoms with Crippen LogP contribution in [0.1, 0.15) is 25.3 Å². The summed E-state index contributed by atoms with van der Waals surface area (Å²) in [4.78, 5) is 4.06. The van der Waals surface area contributed by atoms with Crippen molar-refractivity contribution in [2.45, 2.75) is 32.3 Å². The van der Waals surface area contributed by atoms with Crippen LogP contribution in [0.4, 0.5) is 0 Å². The first kappa shape index (κ1) is 7.59. The zero-order chi connectivity index (χ0) is 8.39. The summed E-state index contributed by atoms with van der Waals surface area (Å²) >= 11 is 0. The van der Waals surface area contributed by atoms with Crippen molar-refractivity contribution in [1.82, 2.24) is 4.98 Å². The largest absolute Gasteiger partial charge is 0.490 e. The Balaban J connectivity index is 2.15. The fourth-order valence-electron chi connectivity index (χ4n) is 1.16. The molecule has 2 rings (SSSR count). The predicted molar refractivity (Wildman–Crippen MR) is 47.3 cm³/mol. The van der Waals surface area contributed by atoms with Crippen LogP contribution in [-0.4, -0.2) is 11.1 Å². The Labute approximate surface area is 72.6 Å². The Morgan fingerprint density at radius 2 is 2.42 bits per heavy atom. The second-order valence-corrected chi connectivity index (χ2v) is 3.15. The molecule has 1 aliphatic rings. The first-order valence-electron chi connectivity index (χ1n) is 4.49. The molecule has 0 radical (unpaired) electrons. The van der Waals surface area contributed by atoms with E-state index >= 15 is 0 Å². The summed E-state index contributed by atoms with van der Waals surface area (Å²) in [7, 11) is 0. The second kappa shape index (κ2) is 3.13. The van der Waals surface area contributed by atoms with Gasteiger partial charge in [0.15, 0.2) is 0 Å². The highest BCUT2D eigenvalue weighted by atomic mass is 16.5. The third-order valence-electron chi connectivity index (χ3n) is 2.06. The monoisotopic (exact) mass is 163 g/mol. The zero-order valence-corrected chi connectivity index (χ0v) is 7.29. The van der Waals surface area contributed by atoms with Gasteiger partial charge in [0.05, 0.1) is 6.10 Å². The van der Waals surface area contributed by atoms with E-state index in [4.69, 9.17) is 4.74 Å². The van der Waals surface area contributed by atoms with Gasteiger partial charge >= 0.3 is 0 Å². The van der Waals surface area contributed by atoms with Crippen molar-refractivity contribution in [2.75, 3.05) is 0 Å². The van der Waals surface area contributed by atoms with Gasteiger partial charge in [0.25, 0.3) is 0 Å². The van der Waals surface area contributed by atoms with Crippen molar-refractivity contribution in [3.63, 3.8) is 0 Å². The lowest BCUT2D eigenvalue weighted by Crippen LogP contribution is -1.99. The van der Waals surface area contributed by atoms with E-state index in [0.717, 1.165) is 12.2 Å². The molecule has 12 heavy (non-hydrogen) atoms. The number of pyridine rings is 1. The van der Waals surface area contributed by atoms with Gasteiger partial charge in [-0.25, -0.2) is 0 Å². The first-order valence-corrected chi connectivity index (χ1v) is 4.49. The summed E-state index contributed by atoms with van der Waals surface area (Å²) in [6, 6.07) is 1.96.